The highest BCUT2D eigenvalue weighted by Crippen LogP contribution is 2.29. The van der Waals surface area contributed by atoms with Gasteiger partial charge < -0.3 is 25.4 Å². The van der Waals surface area contributed by atoms with Gasteiger partial charge in [-0.25, -0.2) is 19.2 Å². The number of Topliss-reactive ketones (excluding diaryl/α,β-unsaturated/α-hetero) is 1. The Balaban J connectivity index is 1.18. The summed E-state index contributed by atoms with van der Waals surface area (Å²) in [6, 6.07) is 13.7. The van der Waals surface area contributed by atoms with Crippen LogP contribution >= 0.6 is 0 Å². The molecule has 0 spiro atoms. The predicted octanol–water partition coefficient (Wildman–Crippen LogP) is 3.25. The third kappa shape index (κ3) is 5.13. The molecule has 0 bridgehead atoms. The SMILES string of the molecule is CC(=O)c1ccc(NC(=O)N[C@H]2CO[C@H]3[C@@H]2OC[C@@H]3Nc2nccc(-c3cccc(F)c3)n2)cc1. The van der Waals surface area contributed by atoms with E-state index >= 15 is 0 Å². The summed E-state index contributed by atoms with van der Waals surface area (Å²) in [5.41, 5.74) is 2.40. The zero-order valence-electron chi connectivity index (χ0n) is 18.9. The highest BCUT2D eigenvalue weighted by atomic mass is 19.1. The van der Waals surface area contributed by atoms with Crippen LogP contribution in [0.4, 0.5) is 20.8 Å². The first-order valence-corrected chi connectivity index (χ1v) is 11.2. The van der Waals surface area contributed by atoms with Gasteiger partial charge >= 0.3 is 6.03 Å². The summed E-state index contributed by atoms with van der Waals surface area (Å²) < 4.78 is 25.4. The Kier molecular flexibility index (Phi) is 6.39. The fraction of sp³-hybridized carbons (Fsp3) is 0.280. The Morgan fingerprint density at radius 3 is 2.49 bits per heavy atom. The summed E-state index contributed by atoms with van der Waals surface area (Å²) in [4.78, 5) is 32.6. The molecule has 2 aliphatic heterocycles. The van der Waals surface area contributed by atoms with Crippen molar-refractivity contribution in [3.8, 4) is 11.3 Å². The standard InChI is InChI=1S/C25H24FN5O4/c1-14(32)15-5-7-18(8-6-15)28-25(33)31-21-13-35-22-20(12-34-23(21)22)30-24-27-10-9-19(29-24)16-3-2-4-17(26)11-16/h2-11,20-23H,12-13H2,1H3,(H,27,29,30)(H2,28,31,33)/t20-,21-,22+,23+/m0/s1. The van der Waals surface area contributed by atoms with Gasteiger partial charge in [-0.2, -0.15) is 0 Å². The van der Waals surface area contributed by atoms with Crippen LogP contribution in [0, 0.1) is 5.82 Å². The molecule has 2 amide bonds. The van der Waals surface area contributed by atoms with Crippen molar-refractivity contribution in [1.29, 1.82) is 0 Å². The predicted molar refractivity (Wildman–Crippen MR) is 127 cm³/mol. The number of nitrogens with one attached hydrogen (secondary N) is 3. The van der Waals surface area contributed by atoms with Crippen LogP contribution in [0.2, 0.25) is 0 Å². The summed E-state index contributed by atoms with van der Waals surface area (Å²) in [5.74, 6) is 0.00761. The molecule has 9 nitrogen and oxygen atoms in total. The summed E-state index contributed by atoms with van der Waals surface area (Å²) >= 11 is 0. The van der Waals surface area contributed by atoms with Crippen LogP contribution in [0.15, 0.2) is 60.8 Å². The Morgan fingerprint density at radius 1 is 1.00 bits per heavy atom. The number of ether oxygens (including phenoxy) is 2. The minimum absolute atomic E-state index is 0.0391. The van der Waals surface area contributed by atoms with Crippen LogP contribution in [0.1, 0.15) is 17.3 Å². The Morgan fingerprint density at radius 2 is 1.74 bits per heavy atom. The number of carbonyl (C=O) groups excluding carboxylic acids is 2. The Hall–Kier alpha value is -3.89. The van der Waals surface area contributed by atoms with E-state index in [2.05, 4.69) is 25.9 Å². The minimum Gasteiger partial charge on any atom is -0.371 e. The van der Waals surface area contributed by atoms with Crippen LogP contribution in [-0.4, -0.2) is 59.3 Å². The maximum absolute atomic E-state index is 13.6. The second-order valence-corrected chi connectivity index (χ2v) is 8.46. The quantitative estimate of drug-likeness (QED) is 0.467. The second kappa shape index (κ2) is 9.77. The number of halogens is 1. The molecule has 1 aromatic heterocycles. The van der Waals surface area contributed by atoms with Crippen LogP contribution in [-0.2, 0) is 9.47 Å². The molecule has 3 N–H and O–H groups in total. The van der Waals surface area contributed by atoms with E-state index in [0.29, 0.717) is 41.7 Å². The highest BCUT2D eigenvalue weighted by molar-refractivity contribution is 5.95. The molecule has 3 heterocycles. The lowest BCUT2D eigenvalue weighted by Gasteiger charge is -2.19. The van der Waals surface area contributed by atoms with E-state index in [1.54, 1.807) is 48.7 Å². The number of benzene rings is 2. The zero-order valence-corrected chi connectivity index (χ0v) is 18.9. The Labute approximate surface area is 201 Å². The first kappa shape index (κ1) is 22.9. The lowest BCUT2D eigenvalue weighted by Crippen LogP contribution is -2.46. The third-order valence-corrected chi connectivity index (χ3v) is 6.01. The average molecular weight is 477 g/mol. The van der Waals surface area contributed by atoms with Gasteiger partial charge in [0, 0.05) is 23.0 Å². The maximum atomic E-state index is 13.6. The number of urea groups is 1. The van der Waals surface area contributed by atoms with E-state index in [-0.39, 0.29) is 41.9 Å². The van der Waals surface area contributed by atoms with Crippen LogP contribution < -0.4 is 16.0 Å². The number of rotatable bonds is 6. The molecule has 2 fully saturated rings. The molecular formula is C25H24FN5O4. The molecule has 180 valence electrons. The largest absolute Gasteiger partial charge is 0.371 e. The monoisotopic (exact) mass is 477 g/mol. The molecule has 0 aliphatic carbocycles. The number of amides is 2. The highest BCUT2D eigenvalue weighted by Gasteiger charge is 2.48. The smallest absolute Gasteiger partial charge is 0.319 e. The van der Waals surface area contributed by atoms with Crippen molar-refractivity contribution in [2.24, 2.45) is 0 Å². The molecule has 3 aromatic rings. The van der Waals surface area contributed by atoms with Gasteiger partial charge in [0.1, 0.15) is 18.0 Å². The molecule has 35 heavy (non-hydrogen) atoms. The van der Waals surface area contributed by atoms with Crippen molar-refractivity contribution in [3.63, 3.8) is 0 Å². The molecular weight excluding hydrogens is 453 g/mol. The molecule has 10 heteroatoms. The van der Waals surface area contributed by atoms with Gasteiger partial charge in [0.15, 0.2) is 5.78 Å². The van der Waals surface area contributed by atoms with Crippen LogP contribution in [0.5, 0.6) is 0 Å². The van der Waals surface area contributed by atoms with Crippen molar-refractivity contribution >= 4 is 23.5 Å². The van der Waals surface area contributed by atoms with Crippen LogP contribution in [0.3, 0.4) is 0 Å². The van der Waals surface area contributed by atoms with E-state index in [9.17, 15) is 14.0 Å². The normalized spacial score (nSPS) is 22.9. The molecule has 2 aliphatic rings. The van der Waals surface area contributed by atoms with Gasteiger partial charge in [-0.05, 0) is 49.4 Å². The number of carbonyl (C=O) groups is 2. The molecule has 0 radical (unpaired) electrons. The van der Waals surface area contributed by atoms with Gasteiger partial charge in [0.2, 0.25) is 5.95 Å². The van der Waals surface area contributed by atoms with E-state index in [4.69, 9.17) is 9.47 Å². The number of hydrogen-bond donors (Lipinski definition) is 3. The third-order valence-electron chi connectivity index (χ3n) is 6.01. The number of anilines is 2. The number of ketones is 1. The van der Waals surface area contributed by atoms with Gasteiger partial charge in [-0.3, -0.25) is 4.79 Å². The summed E-state index contributed by atoms with van der Waals surface area (Å²) in [5, 5.41) is 8.90. The van der Waals surface area contributed by atoms with Gasteiger partial charge in [0.25, 0.3) is 0 Å². The lowest BCUT2D eigenvalue weighted by molar-refractivity contribution is 0.0683. The number of nitrogens with zero attached hydrogens (tertiary/aromatic N) is 2. The molecule has 5 rings (SSSR count). The number of aromatic nitrogens is 2. The molecule has 0 unspecified atom stereocenters. The lowest BCUT2D eigenvalue weighted by atomic mass is 10.1. The molecule has 2 saturated heterocycles. The fourth-order valence-corrected chi connectivity index (χ4v) is 4.27. The average Bonchev–Trinajstić information content (AvgIpc) is 3.43. The van der Waals surface area contributed by atoms with Crippen molar-refractivity contribution in [2.45, 2.75) is 31.2 Å². The van der Waals surface area contributed by atoms with E-state index < -0.39 is 0 Å². The summed E-state index contributed by atoms with van der Waals surface area (Å²) in [6.07, 6.45) is 0.983. The summed E-state index contributed by atoms with van der Waals surface area (Å²) in [6.45, 7) is 2.15. The zero-order chi connectivity index (χ0) is 24.4. The second-order valence-electron chi connectivity index (χ2n) is 8.46. The van der Waals surface area contributed by atoms with Crippen LogP contribution in [0.25, 0.3) is 11.3 Å². The molecule has 2 aromatic carbocycles. The first-order chi connectivity index (χ1) is 17.0. The van der Waals surface area contributed by atoms with E-state index in [0.717, 1.165) is 0 Å². The maximum Gasteiger partial charge on any atom is 0.319 e. The van der Waals surface area contributed by atoms with E-state index in [1.165, 1.54) is 19.1 Å². The van der Waals surface area contributed by atoms with Crippen molar-refractivity contribution in [1.82, 2.24) is 15.3 Å². The fourth-order valence-electron chi connectivity index (χ4n) is 4.27. The number of hydrogen-bond acceptors (Lipinski definition) is 7. The Bertz CT molecular complexity index is 1240. The molecule has 0 saturated carbocycles. The van der Waals surface area contributed by atoms with Crippen molar-refractivity contribution in [3.05, 3.63) is 72.2 Å². The first-order valence-electron chi connectivity index (χ1n) is 11.2. The minimum atomic E-state index is -0.388. The summed E-state index contributed by atoms with van der Waals surface area (Å²) in [7, 11) is 0. The number of fused-ring (bicyclic) bond motifs is 1. The van der Waals surface area contributed by atoms with Gasteiger partial charge in [-0.15, -0.1) is 0 Å². The van der Waals surface area contributed by atoms with Crippen molar-refractivity contribution in [2.75, 3.05) is 23.8 Å². The molecule has 4 atom stereocenters. The van der Waals surface area contributed by atoms with Crippen molar-refractivity contribution < 1.29 is 23.5 Å². The van der Waals surface area contributed by atoms with Gasteiger partial charge in [0.05, 0.1) is 31.0 Å². The topological polar surface area (TPSA) is 114 Å². The van der Waals surface area contributed by atoms with Gasteiger partial charge in [-0.1, -0.05) is 12.1 Å². The van der Waals surface area contributed by atoms with E-state index in [1.807, 2.05) is 0 Å².